The molecule has 0 saturated carbocycles. The number of thioether (sulfide) groups is 1. The molecular formula is C15H20O7S. The topological polar surface area (TPSA) is 135 Å². The third kappa shape index (κ3) is 5.69. The van der Waals surface area contributed by atoms with Crippen LogP contribution in [-0.4, -0.2) is 73.9 Å². The SMILES string of the molecule is Cc1ccc(SCC(=O)C(=O)[C@H](O)[C@@H](O)[C@@H](O)[C@H](O)CO)cc1. The van der Waals surface area contributed by atoms with Gasteiger partial charge in [-0.25, -0.2) is 0 Å². The number of ketones is 2. The second-order valence-electron chi connectivity index (χ2n) is 5.07. The summed E-state index contributed by atoms with van der Waals surface area (Å²) in [4.78, 5) is 24.3. The van der Waals surface area contributed by atoms with Gasteiger partial charge in [0.05, 0.1) is 12.4 Å². The third-order valence-electron chi connectivity index (χ3n) is 3.19. The van der Waals surface area contributed by atoms with E-state index in [0.717, 1.165) is 22.2 Å². The fourth-order valence-corrected chi connectivity index (χ4v) is 2.47. The molecule has 0 radical (unpaired) electrons. The van der Waals surface area contributed by atoms with E-state index < -0.39 is 42.6 Å². The van der Waals surface area contributed by atoms with Crippen molar-refractivity contribution in [3.05, 3.63) is 29.8 Å². The molecule has 5 N–H and O–H groups in total. The quantitative estimate of drug-likeness (QED) is 0.274. The van der Waals surface area contributed by atoms with Crippen molar-refractivity contribution in [2.75, 3.05) is 12.4 Å². The van der Waals surface area contributed by atoms with Crippen LogP contribution in [0, 0.1) is 6.92 Å². The van der Waals surface area contributed by atoms with Crippen LogP contribution in [0.4, 0.5) is 0 Å². The zero-order valence-electron chi connectivity index (χ0n) is 12.5. The molecular weight excluding hydrogens is 324 g/mol. The van der Waals surface area contributed by atoms with Crippen LogP contribution in [0.1, 0.15) is 5.56 Å². The minimum Gasteiger partial charge on any atom is -0.394 e. The molecule has 0 saturated heterocycles. The maximum Gasteiger partial charge on any atom is 0.230 e. The first-order valence-electron chi connectivity index (χ1n) is 6.87. The molecule has 0 aliphatic rings. The summed E-state index contributed by atoms with van der Waals surface area (Å²) in [6, 6.07) is 7.26. The number of hydrogen-bond acceptors (Lipinski definition) is 8. The van der Waals surface area contributed by atoms with Crippen LogP contribution in [0.2, 0.25) is 0 Å². The Morgan fingerprint density at radius 2 is 1.61 bits per heavy atom. The molecule has 7 nitrogen and oxygen atoms in total. The highest BCUT2D eigenvalue weighted by atomic mass is 32.2. The number of aryl methyl sites for hydroxylation is 1. The largest absolute Gasteiger partial charge is 0.394 e. The third-order valence-corrected chi connectivity index (χ3v) is 4.20. The highest BCUT2D eigenvalue weighted by Crippen LogP contribution is 2.18. The average molecular weight is 344 g/mol. The van der Waals surface area contributed by atoms with Crippen molar-refractivity contribution < 1.29 is 35.1 Å². The van der Waals surface area contributed by atoms with Gasteiger partial charge in [-0.2, -0.15) is 0 Å². The van der Waals surface area contributed by atoms with Gasteiger partial charge in [0.2, 0.25) is 11.6 Å². The first-order chi connectivity index (χ1) is 10.8. The van der Waals surface area contributed by atoms with E-state index in [0.29, 0.717) is 0 Å². The zero-order valence-corrected chi connectivity index (χ0v) is 13.3. The number of Topliss-reactive ketones (excluding diaryl/α,β-unsaturated/α-hetero) is 2. The molecule has 0 amide bonds. The summed E-state index contributed by atoms with van der Waals surface area (Å²) >= 11 is 1.10. The van der Waals surface area contributed by atoms with Crippen LogP contribution in [0.3, 0.4) is 0 Å². The number of carbonyl (C=O) groups is 2. The maximum absolute atomic E-state index is 11.8. The van der Waals surface area contributed by atoms with Crippen molar-refractivity contribution in [3.63, 3.8) is 0 Å². The van der Waals surface area contributed by atoms with Crippen molar-refractivity contribution in [1.29, 1.82) is 0 Å². The molecule has 23 heavy (non-hydrogen) atoms. The van der Waals surface area contributed by atoms with Crippen LogP contribution in [0.15, 0.2) is 29.2 Å². The number of aliphatic hydroxyl groups excluding tert-OH is 5. The molecule has 0 heterocycles. The van der Waals surface area contributed by atoms with Crippen molar-refractivity contribution in [2.24, 2.45) is 0 Å². The van der Waals surface area contributed by atoms with Crippen molar-refractivity contribution in [2.45, 2.75) is 36.2 Å². The monoisotopic (exact) mass is 344 g/mol. The first kappa shape index (κ1) is 19.8. The smallest absolute Gasteiger partial charge is 0.230 e. The lowest BCUT2D eigenvalue weighted by Crippen LogP contribution is -2.50. The van der Waals surface area contributed by atoms with E-state index in [1.54, 1.807) is 12.1 Å². The molecule has 8 heteroatoms. The lowest BCUT2D eigenvalue weighted by Gasteiger charge is -2.24. The molecule has 4 atom stereocenters. The number of benzene rings is 1. The Balaban J connectivity index is 2.58. The van der Waals surface area contributed by atoms with Crippen LogP contribution in [-0.2, 0) is 9.59 Å². The lowest BCUT2D eigenvalue weighted by atomic mass is 9.99. The summed E-state index contributed by atoms with van der Waals surface area (Å²) in [6.45, 7) is 1.04. The minimum absolute atomic E-state index is 0.232. The van der Waals surface area contributed by atoms with Gasteiger partial charge >= 0.3 is 0 Å². The standard InChI is InChI=1S/C15H20O7S/c1-8-2-4-9(5-3-8)23-7-11(18)13(20)15(22)14(21)12(19)10(17)6-16/h2-5,10,12,14-17,19,21-22H,6-7H2,1H3/t10-,12+,14+,15+/m1/s1. The van der Waals surface area contributed by atoms with E-state index in [-0.39, 0.29) is 5.75 Å². The van der Waals surface area contributed by atoms with Crippen LogP contribution < -0.4 is 0 Å². The Labute approximate surface area is 137 Å². The second-order valence-corrected chi connectivity index (χ2v) is 6.11. The van der Waals surface area contributed by atoms with Gasteiger partial charge in [-0.3, -0.25) is 9.59 Å². The first-order valence-corrected chi connectivity index (χ1v) is 7.86. The fraction of sp³-hybridized carbons (Fsp3) is 0.467. The Morgan fingerprint density at radius 1 is 1.04 bits per heavy atom. The predicted octanol–water partition coefficient (Wildman–Crippen LogP) is -1.34. The van der Waals surface area contributed by atoms with Crippen LogP contribution >= 0.6 is 11.8 Å². The fourth-order valence-electron chi connectivity index (χ4n) is 1.70. The molecule has 0 aliphatic carbocycles. The number of aliphatic hydroxyl groups is 5. The van der Waals surface area contributed by atoms with Crippen molar-refractivity contribution in [1.82, 2.24) is 0 Å². The summed E-state index contributed by atoms with van der Waals surface area (Å²) in [5.74, 6) is -2.42. The number of hydrogen-bond donors (Lipinski definition) is 5. The van der Waals surface area contributed by atoms with Gasteiger partial charge in [0.1, 0.15) is 24.4 Å². The summed E-state index contributed by atoms with van der Waals surface area (Å²) in [6.07, 6.45) is -7.92. The van der Waals surface area contributed by atoms with E-state index in [2.05, 4.69) is 0 Å². The minimum atomic E-state index is -2.17. The van der Waals surface area contributed by atoms with E-state index in [9.17, 15) is 24.9 Å². The van der Waals surface area contributed by atoms with Crippen molar-refractivity contribution in [3.8, 4) is 0 Å². The number of carbonyl (C=O) groups excluding carboxylic acids is 2. The van der Waals surface area contributed by atoms with Gasteiger partial charge in [0, 0.05) is 4.90 Å². The van der Waals surface area contributed by atoms with Gasteiger partial charge in [-0.15, -0.1) is 11.8 Å². The molecule has 1 aromatic rings. The molecule has 0 aromatic heterocycles. The van der Waals surface area contributed by atoms with Gasteiger partial charge < -0.3 is 25.5 Å². The highest BCUT2D eigenvalue weighted by molar-refractivity contribution is 8.00. The van der Waals surface area contributed by atoms with E-state index in [1.165, 1.54) is 0 Å². The second kappa shape index (κ2) is 9.11. The molecule has 0 spiro atoms. The average Bonchev–Trinajstić information content (AvgIpc) is 2.57. The summed E-state index contributed by atoms with van der Waals surface area (Å²) in [5.41, 5.74) is 1.05. The molecule has 0 unspecified atom stereocenters. The zero-order chi connectivity index (χ0) is 17.6. The molecule has 1 aromatic carbocycles. The predicted molar refractivity (Wildman–Crippen MR) is 83.0 cm³/mol. The van der Waals surface area contributed by atoms with Crippen molar-refractivity contribution >= 4 is 23.3 Å². The lowest BCUT2D eigenvalue weighted by molar-refractivity contribution is -0.153. The highest BCUT2D eigenvalue weighted by Gasteiger charge is 2.36. The van der Waals surface area contributed by atoms with E-state index in [4.69, 9.17) is 10.2 Å². The Hall–Kier alpha value is -1.29. The molecule has 0 bridgehead atoms. The van der Waals surface area contributed by atoms with Crippen LogP contribution in [0.5, 0.6) is 0 Å². The Morgan fingerprint density at radius 3 is 2.13 bits per heavy atom. The van der Waals surface area contributed by atoms with Crippen LogP contribution in [0.25, 0.3) is 0 Å². The molecule has 0 fully saturated rings. The molecule has 1 rings (SSSR count). The Bertz CT molecular complexity index is 531. The molecule has 0 aliphatic heterocycles. The summed E-state index contributed by atoms with van der Waals surface area (Å²) in [5, 5.41) is 46.5. The molecule has 128 valence electrons. The number of rotatable bonds is 9. The summed E-state index contributed by atoms with van der Waals surface area (Å²) < 4.78 is 0. The Kier molecular flexibility index (Phi) is 7.83. The van der Waals surface area contributed by atoms with Gasteiger partial charge in [-0.1, -0.05) is 17.7 Å². The maximum atomic E-state index is 11.8. The normalized spacial score (nSPS) is 16.4. The van der Waals surface area contributed by atoms with Gasteiger partial charge in [0.25, 0.3) is 0 Å². The van der Waals surface area contributed by atoms with Gasteiger partial charge in [0.15, 0.2) is 0 Å². The van der Waals surface area contributed by atoms with Gasteiger partial charge in [-0.05, 0) is 19.1 Å². The van der Waals surface area contributed by atoms with E-state index in [1.807, 2.05) is 19.1 Å². The summed E-state index contributed by atoms with van der Waals surface area (Å²) in [7, 11) is 0. The van der Waals surface area contributed by atoms with E-state index >= 15 is 0 Å².